The highest BCUT2D eigenvalue weighted by Gasteiger charge is 2.23. The minimum atomic E-state index is -4.17. The number of aliphatic hydroxyl groups excluding tert-OH is 1. The fourth-order valence-corrected chi connectivity index (χ4v) is 2.27. The Labute approximate surface area is 102 Å². The van der Waals surface area contributed by atoms with Gasteiger partial charge < -0.3 is 5.11 Å². The van der Waals surface area contributed by atoms with E-state index in [1.807, 2.05) is 0 Å². The summed E-state index contributed by atoms with van der Waals surface area (Å²) in [5, 5.41) is 6.66. The van der Waals surface area contributed by atoms with Crippen LogP contribution in [0.2, 0.25) is 0 Å². The van der Waals surface area contributed by atoms with Crippen molar-refractivity contribution in [3.8, 4) is 0 Å². The van der Waals surface area contributed by atoms with Gasteiger partial charge in [0, 0.05) is 6.61 Å². The molecule has 0 radical (unpaired) electrons. The predicted molar refractivity (Wildman–Crippen MR) is 61.7 cm³/mol. The van der Waals surface area contributed by atoms with Crippen LogP contribution >= 0.6 is 0 Å². The van der Waals surface area contributed by atoms with Crippen LogP contribution in [0.3, 0.4) is 0 Å². The molecular weight excluding hydrogens is 272 g/mol. The molecule has 0 aliphatic rings. The highest BCUT2D eigenvalue weighted by Crippen LogP contribution is 2.10. The fraction of sp³-hybridized carbons (Fsp3) is 1.00. The molecule has 2 N–H and O–H groups in total. The van der Waals surface area contributed by atoms with Gasteiger partial charge in [-0.05, 0) is 26.7 Å². The van der Waals surface area contributed by atoms with E-state index in [2.05, 4.69) is 4.18 Å². The van der Waals surface area contributed by atoms with E-state index < -0.39 is 30.7 Å². The monoisotopic (exact) mass is 290 g/mol. The Bertz CT molecular complexity index is 411. The van der Waals surface area contributed by atoms with Crippen molar-refractivity contribution in [2.45, 2.75) is 37.2 Å². The summed E-state index contributed by atoms with van der Waals surface area (Å²) in [4.78, 5) is 0. The van der Waals surface area contributed by atoms with Gasteiger partial charge in [0.15, 0.2) is 0 Å². The van der Waals surface area contributed by atoms with Crippen LogP contribution in [0.15, 0.2) is 0 Å². The molecule has 104 valence electrons. The molecule has 0 rings (SSSR count). The van der Waals surface area contributed by atoms with Crippen LogP contribution in [0.4, 0.5) is 0 Å². The molecule has 17 heavy (non-hydrogen) atoms. The topological polar surface area (TPSA) is 118 Å². The molecule has 0 saturated heterocycles. The Morgan fingerprint density at radius 3 is 2.00 bits per heavy atom. The van der Waals surface area contributed by atoms with Gasteiger partial charge in [0.2, 0.25) is 0 Å². The minimum absolute atomic E-state index is 0.0518. The molecule has 0 aromatic heterocycles. The lowest BCUT2D eigenvalue weighted by Gasteiger charge is -2.12. The number of hydrogen-bond acceptors (Lipinski definition) is 6. The van der Waals surface area contributed by atoms with Gasteiger partial charge in [0.1, 0.15) is 0 Å². The van der Waals surface area contributed by atoms with Gasteiger partial charge in [-0.1, -0.05) is 0 Å². The Morgan fingerprint density at radius 1 is 1.06 bits per heavy atom. The molecule has 7 nitrogen and oxygen atoms in total. The highest BCUT2D eigenvalue weighted by molar-refractivity contribution is 7.87. The van der Waals surface area contributed by atoms with Crippen LogP contribution in [-0.2, 0) is 24.4 Å². The first-order valence-corrected chi connectivity index (χ1v) is 8.04. The van der Waals surface area contributed by atoms with Gasteiger partial charge in [0.05, 0.1) is 17.1 Å². The lowest BCUT2D eigenvalue weighted by molar-refractivity contribution is 0.272. The average molecular weight is 290 g/mol. The maximum atomic E-state index is 11.4. The van der Waals surface area contributed by atoms with E-state index in [4.69, 9.17) is 9.66 Å². The summed E-state index contributed by atoms with van der Waals surface area (Å²) in [6, 6.07) is 0. The first kappa shape index (κ1) is 16.8. The van der Waals surface area contributed by atoms with E-state index >= 15 is 0 Å². The molecule has 0 aromatic rings. The van der Waals surface area contributed by atoms with Crippen molar-refractivity contribution < 1.29 is 30.7 Å². The van der Waals surface area contributed by atoms with Crippen molar-refractivity contribution in [3.63, 3.8) is 0 Å². The van der Waals surface area contributed by atoms with Crippen LogP contribution in [-0.4, -0.2) is 50.2 Å². The van der Waals surface area contributed by atoms with E-state index in [-0.39, 0.29) is 26.1 Å². The molecule has 0 amide bonds. The molecule has 0 spiro atoms. The van der Waals surface area contributed by atoms with E-state index in [1.54, 1.807) is 0 Å². The molecule has 2 atom stereocenters. The predicted octanol–water partition coefficient (Wildman–Crippen LogP) is -0.230. The lowest BCUT2D eigenvalue weighted by Crippen LogP contribution is -2.24. The first-order valence-electron chi connectivity index (χ1n) is 5.06. The summed E-state index contributed by atoms with van der Waals surface area (Å²) < 4.78 is 57.3. The van der Waals surface area contributed by atoms with Crippen LogP contribution in [0.5, 0.6) is 0 Å². The van der Waals surface area contributed by atoms with Crippen molar-refractivity contribution in [2.24, 2.45) is 0 Å². The highest BCUT2D eigenvalue weighted by atomic mass is 32.2. The quantitative estimate of drug-likeness (QED) is 0.468. The van der Waals surface area contributed by atoms with E-state index in [0.29, 0.717) is 0 Å². The molecule has 0 saturated carbocycles. The molecule has 0 fully saturated rings. The second-order valence-electron chi connectivity index (χ2n) is 3.75. The lowest BCUT2D eigenvalue weighted by atomic mass is 10.3. The summed E-state index contributed by atoms with van der Waals surface area (Å²) in [5.41, 5.74) is 0. The van der Waals surface area contributed by atoms with Crippen LogP contribution in [0, 0.1) is 0 Å². The van der Waals surface area contributed by atoms with Crippen molar-refractivity contribution in [1.29, 1.82) is 0 Å². The molecule has 2 unspecified atom stereocenters. The first-order chi connectivity index (χ1) is 7.61. The Hall–Kier alpha value is -0.220. The zero-order valence-corrected chi connectivity index (χ0v) is 11.4. The van der Waals surface area contributed by atoms with Crippen molar-refractivity contribution in [2.75, 3.05) is 13.2 Å². The fourth-order valence-electron chi connectivity index (χ4n) is 0.921. The molecule has 0 aliphatic heterocycles. The van der Waals surface area contributed by atoms with E-state index in [0.717, 1.165) is 0 Å². The Balaban J connectivity index is 4.22. The summed E-state index contributed by atoms with van der Waals surface area (Å²) in [6.07, 6.45) is -0.0694. The minimum Gasteiger partial charge on any atom is -0.396 e. The SMILES string of the molecule is CC(CCOS(=O)(=O)C(C)CCO)S(=O)(=O)O. The van der Waals surface area contributed by atoms with Gasteiger partial charge in [-0.2, -0.15) is 16.8 Å². The largest absolute Gasteiger partial charge is 0.396 e. The van der Waals surface area contributed by atoms with Crippen LogP contribution < -0.4 is 0 Å². The van der Waals surface area contributed by atoms with Gasteiger partial charge in [-0.25, -0.2) is 0 Å². The Morgan fingerprint density at radius 2 is 1.59 bits per heavy atom. The summed E-state index contributed by atoms with van der Waals surface area (Å²) in [5.74, 6) is 0. The second kappa shape index (κ2) is 6.64. The summed E-state index contributed by atoms with van der Waals surface area (Å²) >= 11 is 0. The van der Waals surface area contributed by atoms with E-state index in [1.165, 1.54) is 13.8 Å². The standard InChI is InChI=1S/C8H18O7S2/c1-7(16(10,11)12)4-6-15-17(13,14)8(2)3-5-9/h7-9H,3-6H2,1-2H3,(H,10,11,12). The van der Waals surface area contributed by atoms with Crippen molar-refractivity contribution in [3.05, 3.63) is 0 Å². The smallest absolute Gasteiger partial charge is 0.270 e. The Kier molecular flexibility index (Phi) is 6.56. The zero-order valence-electron chi connectivity index (χ0n) is 9.74. The van der Waals surface area contributed by atoms with Crippen LogP contribution in [0.1, 0.15) is 26.7 Å². The van der Waals surface area contributed by atoms with Gasteiger partial charge in [-0.15, -0.1) is 0 Å². The number of rotatable bonds is 8. The second-order valence-corrected chi connectivity index (χ2v) is 7.61. The summed E-state index contributed by atoms with van der Waals surface area (Å²) in [6.45, 7) is 2.05. The van der Waals surface area contributed by atoms with Gasteiger partial charge in [0.25, 0.3) is 20.2 Å². The summed E-state index contributed by atoms with van der Waals surface area (Å²) in [7, 11) is -7.97. The maximum Gasteiger partial charge on any atom is 0.270 e. The normalized spacial score (nSPS) is 16.7. The molecule has 0 aliphatic carbocycles. The third-order valence-corrected chi connectivity index (χ3v) is 5.28. The molecule has 9 heteroatoms. The third kappa shape index (κ3) is 6.32. The third-order valence-electron chi connectivity index (χ3n) is 2.31. The van der Waals surface area contributed by atoms with Crippen molar-refractivity contribution >= 4 is 20.2 Å². The maximum absolute atomic E-state index is 11.4. The van der Waals surface area contributed by atoms with Gasteiger partial charge in [-0.3, -0.25) is 8.74 Å². The molecular formula is C8H18O7S2. The average Bonchev–Trinajstić information content (AvgIpc) is 2.16. The number of hydrogen-bond donors (Lipinski definition) is 2. The van der Waals surface area contributed by atoms with Crippen LogP contribution in [0.25, 0.3) is 0 Å². The molecule has 0 heterocycles. The number of aliphatic hydroxyl groups is 1. The van der Waals surface area contributed by atoms with E-state index in [9.17, 15) is 16.8 Å². The molecule has 0 bridgehead atoms. The van der Waals surface area contributed by atoms with Gasteiger partial charge >= 0.3 is 0 Å². The van der Waals surface area contributed by atoms with Crippen molar-refractivity contribution in [1.82, 2.24) is 0 Å². The molecule has 0 aromatic carbocycles. The zero-order chi connectivity index (χ0) is 13.7.